The number of nitrogens with two attached hydrogens (primary N) is 1. The summed E-state index contributed by atoms with van der Waals surface area (Å²) in [5, 5.41) is 9.77. The molecule has 0 aliphatic carbocycles. The zero-order chi connectivity index (χ0) is 16.0. The number of hydrogen-bond acceptors (Lipinski definition) is 5. The average molecular weight is 329 g/mol. The molecule has 6 nitrogen and oxygen atoms in total. The van der Waals surface area contributed by atoms with E-state index in [1.54, 1.807) is 6.20 Å². The maximum absolute atomic E-state index is 6.29. The highest BCUT2D eigenvalue weighted by atomic mass is 35.5. The Hall–Kier alpha value is -2.18. The number of rotatable bonds is 2. The quantitative estimate of drug-likeness (QED) is 0.780. The van der Waals surface area contributed by atoms with E-state index in [1.165, 1.54) is 0 Å². The number of halogens is 1. The normalized spacial score (nSPS) is 21.3. The Labute approximate surface area is 138 Å². The lowest BCUT2D eigenvalue weighted by atomic mass is 10.1. The van der Waals surface area contributed by atoms with E-state index in [1.807, 2.05) is 36.0 Å². The molecule has 3 heterocycles. The van der Waals surface area contributed by atoms with E-state index in [4.69, 9.17) is 22.3 Å². The molecule has 3 aromatic rings. The van der Waals surface area contributed by atoms with Gasteiger partial charge in [-0.1, -0.05) is 22.9 Å². The topological polar surface area (TPSA) is 72.9 Å². The van der Waals surface area contributed by atoms with Gasteiger partial charge in [0.25, 0.3) is 0 Å². The maximum atomic E-state index is 6.29. The van der Waals surface area contributed by atoms with Crippen LogP contribution in [0.2, 0.25) is 5.02 Å². The van der Waals surface area contributed by atoms with Gasteiger partial charge >= 0.3 is 0 Å². The highest BCUT2D eigenvalue weighted by Crippen LogP contribution is 2.29. The van der Waals surface area contributed by atoms with Gasteiger partial charge in [0.15, 0.2) is 0 Å². The summed E-state index contributed by atoms with van der Waals surface area (Å²) in [5.74, 6) is 0.918. The van der Waals surface area contributed by atoms with Crippen LogP contribution in [0.5, 0.6) is 0 Å². The number of hydrogen-bond donors (Lipinski definition) is 1. The molecule has 2 atom stereocenters. The van der Waals surface area contributed by atoms with E-state index in [2.05, 4.69) is 21.3 Å². The number of anilines is 1. The molecule has 0 unspecified atom stereocenters. The van der Waals surface area contributed by atoms with E-state index in [0.717, 1.165) is 40.4 Å². The van der Waals surface area contributed by atoms with Crippen molar-refractivity contribution in [3.8, 4) is 0 Å². The van der Waals surface area contributed by atoms with Gasteiger partial charge in [-0.2, -0.15) is 0 Å². The van der Waals surface area contributed by atoms with Crippen LogP contribution in [0.15, 0.2) is 36.7 Å². The van der Waals surface area contributed by atoms with Crippen molar-refractivity contribution in [1.29, 1.82) is 0 Å². The Balaban J connectivity index is 1.68. The predicted octanol–water partition coefficient (Wildman–Crippen LogP) is 2.18. The highest BCUT2D eigenvalue weighted by Gasteiger charge is 2.32. The lowest BCUT2D eigenvalue weighted by molar-refractivity contribution is 0.437. The molecule has 2 aromatic heterocycles. The number of benzene rings is 1. The van der Waals surface area contributed by atoms with Crippen LogP contribution in [-0.2, 0) is 0 Å². The second-order valence-corrected chi connectivity index (χ2v) is 6.34. The fraction of sp³-hybridized carbons (Fsp3) is 0.312. The molecule has 1 fully saturated rings. The van der Waals surface area contributed by atoms with Gasteiger partial charge in [-0.05, 0) is 30.7 Å². The zero-order valence-corrected chi connectivity index (χ0v) is 13.5. The summed E-state index contributed by atoms with van der Waals surface area (Å²) >= 11 is 6.22. The first-order valence-corrected chi connectivity index (χ1v) is 7.93. The fourth-order valence-electron chi connectivity index (χ4n) is 3.14. The molecule has 1 aliphatic heterocycles. The van der Waals surface area contributed by atoms with Gasteiger partial charge in [0, 0.05) is 35.7 Å². The lowest BCUT2D eigenvalue weighted by Crippen LogP contribution is -2.31. The van der Waals surface area contributed by atoms with Gasteiger partial charge in [0.05, 0.1) is 17.8 Å². The summed E-state index contributed by atoms with van der Waals surface area (Å²) in [6, 6.07) is 8.12. The summed E-state index contributed by atoms with van der Waals surface area (Å²) in [6.45, 7) is 3.50. The van der Waals surface area contributed by atoms with Crippen molar-refractivity contribution in [1.82, 2.24) is 20.0 Å². The second-order valence-electron chi connectivity index (χ2n) is 5.93. The van der Waals surface area contributed by atoms with Gasteiger partial charge in [-0.25, -0.2) is 9.67 Å². The van der Waals surface area contributed by atoms with Gasteiger partial charge < -0.3 is 10.6 Å². The minimum absolute atomic E-state index is 0.00495. The van der Waals surface area contributed by atoms with Crippen molar-refractivity contribution in [2.45, 2.75) is 19.0 Å². The van der Waals surface area contributed by atoms with Crippen molar-refractivity contribution in [3.05, 3.63) is 47.2 Å². The van der Waals surface area contributed by atoms with Crippen LogP contribution >= 0.6 is 11.6 Å². The van der Waals surface area contributed by atoms with Gasteiger partial charge in [0.1, 0.15) is 5.82 Å². The van der Waals surface area contributed by atoms with Crippen molar-refractivity contribution in [2.75, 3.05) is 18.0 Å². The lowest BCUT2D eigenvalue weighted by Gasteiger charge is -2.18. The molecular weight excluding hydrogens is 312 g/mol. The Bertz CT molecular complexity index is 847. The molecule has 4 rings (SSSR count). The minimum Gasteiger partial charge on any atom is -0.353 e. The average Bonchev–Trinajstić information content (AvgIpc) is 3.20. The van der Waals surface area contributed by atoms with E-state index in [-0.39, 0.29) is 12.1 Å². The Morgan fingerprint density at radius 1 is 1.22 bits per heavy atom. The number of aromatic nitrogens is 4. The van der Waals surface area contributed by atoms with E-state index in [0.29, 0.717) is 0 Å². The molecular formula is C16H17ClN6. The Morgan fingerprint density at radius 3 is 2.83 bits per heavy atom. The van der Waals surface area contributed by atoms with Crippen LogP contribution in [0.4, 0.5) is 5.82 Å². The molecule has 2 N–H and O–H groups in total. The number of nitrogens with zero attached hydrogens (tertiary/aromatic N) is 5. The minimum atomic E-state index is -0.00495. The molecule has 0 bridgehead atoms. The second kappa shape index (κ2) is 5.47. The molecule has 0 spiro atoms. The Kier molecular flexibility index (Phi) is 3.43. The highest BCUT2D eigenvalue weighted by molar-refractivity contribution is 6.32. The molecule has 23 heavy (non-hydrogen) atoms. The molecule has 1 aromatic carbocycles. The molecule has 7 heteroatoms. The standard InChI is InChI=1S/C16H17ClN6/c1-10-12(17)4-2-11-3-5-15(20-16(10)11)22-8-13(18)14(9-22)23-7-6-19-21-23/h2-7,13-14H,8-9,18H2,1H3/t13-,14+/m1/s1. The number of aryl methyl sites for hydroxylation is 1. The summed E-state index contributed by atoms with van der Waals surface area (Å²) in [5.41, 5.74) is 8.23. The molecule has 1 saturated heterocycles. The molecule has 0 radical (unpaired) electrons. The summed E-state index contributed by atoms with van der Waals surface area (Å²) < 4.78 is 1.83. The number of fused-ring (bicyclic) bond motifs is 1. The molecule has 1 aliphatic rings. The third-order valence-electron chi connectivity index (χ3n) is 4.47. The first-order chi connectivity index (χ1) is 11.1. The van der Waals surface area contributed by atoms with Crippen LogP contribution in [0.25, 0.3) is 10.9 Å². The van der Waals surface area contributed by atoms with Crippen molar-refractivity contribution >= 4 is 28.3 Å². The third-order valence-corrected chi connectivity index (χ3v) is 4.88. The summed E-state index contributed by atoms with van der Waals surface area (Å²) in [7, 11) is 0. The van der Waals surface area contributed by atoms with Gasteiger partial charge in [0.2, 0.25) is 0 Å². The van der Waals surface area contributed by atoms with E-state index >= 15 is 0 Å². The van der Waals surface area contributed by atoms with Crippen molar-refractivity contribution in [3.63, 3.8) is 0 Å². The van der Waals surface area contributed by atoms with Crippen molar-refractivity contribution < 1.29 is 0 Å². The molecule has 118 valence electrons. The van der Waals surface area contributed by atoms with Crippen LogP contribution in [0.3, 0.4) is 0 Å². The summed E-state index contributed by atoms with van der Waals surface area (Å²) in [4.78, 5) is 7.00. The fourth-order valence-corrected chi connectivity index (χ4v) is 3.30. The van der Waals surface area contributed by atoms with Crippen LogP contribution in [-0.4, -0.2) is 39.1 Å². The largest absolute Gasteiger partial charge is 0.353 e. The van der Waals surface area contributed by atoms with E-state index in [9.17, 15) is 0 Å². The van der Waals surface area contributed by atoms with Crippen molar-refractivity contribution in [2.24, 2.45) is 5.73 Å². The van der Waals surface area contributed by atoms with Crippen LogP contribution < -0.4 is 10.6 Å². The van der Waals surface area contributed by atoms with Crippen LogP contribution in [0.1, 0.15) is 11.6 Å². The molecule has 0 saturated carbocycles. The third kappa shape index (κ3) is 2.44. The number of pyridine rings is 1. The predicted molar refractivity (Wildman–Crippen MR) is 90.7 cm³/mol. The maximum Gasteiger partial charge on any atom is 0.129 e. The van der Waals surface area contributed by atoms with Crippen LogP contribution in [0, 0.1) is 6.92 Å². The molecule has 0 amide bonds. The zero-order valence-electron chi connectivity index (χ0n) is 12.7. The first-order valence-electron chi connectivity index (χ1n) is 7.55. The van der Waals surface area contributed by atoms with Gasteiger partial charge in [-0.15, -0.1) is 5.10 Å². The Morgan fingerprint density at radius 2 is 2.04 bits per heavy atom. The first kappa shape index (κ1) is 14.4. The SMILES string of the molecule is Cc1c(Cl)ccc2ccc(N3C[C@@H](N)[C@@H](n4ccnn4)C3)nc12. The van der Waals surface area contributed by atoms with E-state index < -0.39 is 0 Å². The summed E-state index contributed by atoms with van der Waals surface area (Å²) in [6.07, 6.45) is 3.53. The van der Waals surface area contributed by atoms with Gasteiger partial charge in [-0.3, -0.25) is 0 Å². The monoisotopic (exact) mass is 328 g/mol. The smallest absolute Gasteiger partial charge is 0.129 e.